The number of anilines is 3. The monoisotopic (exact) mass is 451 g/mol. The molecule has 1 amide bonds. The summed E-state index contributed by atoms with van der Waals surface area (Å²) in [6, 6.07) is 15.0. The van der Waals surface area contributed by atoms with Crippen molar-refractivity contribution in [3.8, 4) is 17.6 Å². The molecule has 6 nitrogen and oxygen atoms in total. The van der Waals surface area contributed by atoms with Gasteiger partial charge in [-0.3, -0.25) is 5.32 Å². The van der Waals surface area contributed by atoms with Gasteiger partial charge < -0.3 is 14.8 Å². The molecule has 8 heteroatoms. The minimum atomic E-state index is -0.679. The minimum Gasteiger partial charge on any atom is -0.456 e. The molecule has 33 heavy (non-hydrogen) atoms. The van der Waals surface area contributed by atoms with Gasteiger partial charge >= 0.3 is 6.09 Å². The Labute approximate surface area is 190 Å². The number of amides is 1. The molecule has 170 valence electrons. The van der Waals surface area contributed by atoms with Gasteiger partial charge in [-0.2, -0.15) is 5.26 Å². The largest absolute Gasteiger partial charge is 0.456 e. The summed E-state index contributed by atoms with van der Waals surface area (Å²) in [5.41, 5.74) is 0.581. The minimum absolute atomic E-state index is 0.0121. The maximum absolute atomic E-state index is 14.3. The number of benzene rings is 3. The van der Waals surface area contributed by atoms with Gasteiger partial charge in [0.25, 0.3) is 0 Å². The summed E-state index contributed by atoms with van der Waals surface area (Å²) in [6.07, 6.45) is -0.644. The van der Waals surface area contributed by atoms with Gasteiger partial charge in [-0.15, -0.1) is 0 Å². The van der Waals surface area contributed by atoms with Crippen LogP contribution in [0.1, 0.15) is 31.9 Å². The van der Waals surface area contributed by atoms with Crippen LogP contribution in [-0.4, -0.2) is 11.7 Å². The predicted molar refractivity (Wildman–Crippen MR) is 122 cm³/mol. The molecule has 0 aliphatic carbocycles. The van der Waals surface area contributed by atoms with Crippen LogP contribution in [0.25, 0.3) is 0 Å². The molecule has 0 saturated carbocycles. The smallest absolute Gasteiger partial charge is 0.412 e. The molecule has 3 rings (SSSR count). The Hall–Kier alpha value is -4.12. The third kappa shape index (κ3) is 6.43. The van der Waals surface area contributed by atoms with Crippen molar-refractivity contribution in [1.82, 2.24) is 0 Å². The number of nitriles is 1. The molecule has 3 aromatic rings. The predicted octanol–water partition coefficient (Wildman–Crippen LogP) is 7.03. The first-order valence-electron chi connectivity index (χ1n) is 10.1. The van der Waals surface area contributed by atoms with Crippen LogP contribution in [-0.2, 0) is 4.74 Å². The Kier molecular flexibility index (Phi) is 6.83. The van der Waals surface area contributed by atoms with Gasteiger partial charge in [-0.05, 0) is 63.6 Å². The zero-order chi connectivity index (χ0) is 24.2. The zero-order valence-corrected chi connectivity index (χ0v) is 18.6. The first kappa shape index (κ1) is 23.5. The molecule has 3 aromatic carbocycles. The van der Waals surface area contributed by atoms with E-state index in [9.17, 15) is 18.8 Å². The lowest BCUT2D eigenvalue weighted by Crippen LogP contribution is -2.27. The van der Waals surface area contributed by atoms with Crippen LogP contribution in [0, 0.1) is 29.9 Å². The zero-order valence-electron chi connectivity index (χ0n) is 18.6. The van der Waals surface area contributed by atoms with Gasteiger partial charge in [-0.25, -0.2) is 13.6 Å². The summed E-state index contributed by atoms with van der Waals surface area (Å²) in [4.78, 5) is 12.0. The summed E-state index contributed by atoms with van der Waals surface area (Å²) in [5, 5.41) is 15.0. The van der Waals surface area contributed by atoms with E-state index in [0.717, 1.165) is 17.7 Å². The highest BCUT2D eigenvalue weighted by atomic mass is 19.1. The third-order valence-electron chi connectivity index (χ3n) is 4.28. The van der Waals surface area contributed by atoms with Crippen molar-refractivity contribution >= 4 is 23.2 Å². The van der Waals surface area contributed by atoms with E-state index < -0.39 is 23.3 Å². The fourth-order valence-electron chi connectivity index (χ4n) is 2.93. The van der Waals surface area contributed by atoms with Crippen molar-refractivity contribution in [2.75, 3.05) is 10.6 Å². The third-order valence-corrected chi connectivity index (χ3v) is 4.28. The molecule has 0 radical (unpaired) electrons. The summed E-state index contributed by atoms with van der Waals surface area (Å²) < 4.78 is 39.5. The molecule has 0 bridgehead atoms. The normalized spacial score (nSPS) is 10.8. The summed E-state index contributed by atoms with van der Waals surface area (Å²) in [5.74, 6) is -1.03. The Balaban J connectivity index is 1.87. The second-order valence-electron chi connectivity index (χ2n) is 8.30. The van der Waals surface area contributed by atoms with Crippen molar-refractivity contribution < 1.29 is 23.0 Å². The lowest BCUT2D eigenvalue weighted by Gasteiger charge is -2.19. The lowest BCUT2D eigenvalue weighted by atomic mass is 10.1. The topological polar surface area (TPSA) is 83.4 Å². The molecule has 0 unspecified atom stereocenters. The number of halogens is 2. The van der Waals surface area contributed by atoms with Crippen LogP contribution < -0.4 is 15.4 Å². The maximum Gasteiger partial charge on any atom is 0.412 e. The first-order valence-corrected chi connectivity index (χ1v) is 10.1. The van der Waals surface area contributed by atoms with Crippen LogP contribution in [0.4, 0.5) is 30.6 Å². The van der Waals surface area contributed by atoms with E-state index >= 15 is 0 Å². The average Bonchev–Trinajstić information content (AvgIpc) is 2.69. The number of hydrogen-bond acceptors (Lipinski definition) is 5. The van der Waals surface area contributed by atoms with E-state index in [1.54, 1.807) is 52.0 Å². The number of aryl methyl sites for hydroxylation is 1. The molecule has 0 fully saturated rings. The Morgan fingerprint density at radius 2 is 1.79 bits per heavy atom. The molecular formula is C25H23F2N3O3. The van der Waals surface area contributed by atoms with Crippen molar-refractivity contribution in [2.45, 2.75) is 33.3 Å². The highest BCUT2D eigenvalue weighted by Gasteiger charge is 2.18. The Morgan fingerprint density at radius 1 is 1.03 bits per heavy atom. The summed E-state index contributed by atoms with van der Waals surface area (Å²) >= 11 is 0. The highest BCUT2D eigenvalue weighted by Crippen LogP contribution is 2.34. The summed E-state index contributed by atoms with van der Waals surface area (Å²) in [7, 11) is 0. The lowest BCUT2D eigenvalue weighted by molar-refractivity contribution is 0.0636. The van der Waals surface area contributed by atoms with Crippen molar-refractivity contribution in [2.24, 2.45) is 0 Å². The van der Waals surface area contributed by atoms with Crippen LogP contribution >= 0.6 is 0 Å². The molecular weight excluding hydrogens is 428 g/mol. The van der Waals surface area contributed by atoms with Gasteiger partial charge in [-0.1, -0.05) is 12.1 Å². The average molecular weight is 451 g/mol. The van der Waals surface area contributed by atoms with Gasteiger partial charge in [0.2, 0.25) is 0 Å². The molecule has 0 aliphatic rings. The summed E-state index contributed by atoms with van der Waals surface area (Å²) in [6.45, 7) is 6.97. The fraction of sp³-hybridized carbons (Fsp3) is 0.200. The van der Waals surface area contributed by atoms with Crippen molar-refractivity contribution in [3.63, 3.8) is 0 Å². The number of rotatable bonds is 5. The second kappa shape index (κ2) is 9.57. The van der Waals surface area contributed by atoms with E-state index in [4.69, 9.17) is 9.47 Å². The van der Waals surface area contributed by atoms with Gasteiger partial charge in [0.15, 0.2) is 0 Å². The molecule has 0 saturated heterocycles. The number of nitrogens with zero attached hydrogens (tertiary/aromatic N) is 1. The van der Waals surface area contributed by atoms with Crippen LogP contribution in [0.15, 0.2) is 54.6 Å². The SMILES string of the molecule is Cc1ccc(Nc2cc(F)cc(Oc3cccc(NC(=O)OC(C)(C)C)c3)c2C#N)c(F)c1. The van der Waals surface area contributed by atoms with E-state index in [0.29, 0.717) is 5.69 Å². The quantitative estimate of drug-likeness (QED) is 0.435. The standard InChI is InChI=1S/C25H23F2N3O3/c1-15-8-9-21(20(27)10-15)30-22-11-16(26)12-23(19(22)14-28)32-18-7-5-6-17(13-18)29-24(31)33-25(2,3)4/h5-13,30H,1-4H3,(H,29,31). The number of ether oxygens (including phenoxy) is 2. The van der Waals surface area contributed by atoms with E-state index in [-0.39, 0.29) is 28.4 Å². The highest BCUT2D eigenvalue weighted by molar-refractivity contribution is 5.85. The molecule has 0 aromatic heterocycles. The first-order chi connectivity index (χ1) is 15.5. The maximum atomic E-state index is 14.3. The molecule has 0 aliphatic heterocycles. The van der Waals surface area contributed by atoms with Crippen molar-refractivity contribution in [1.29, 1.82) is 5.26 Å². The van der Waals surface area contributed by atoms with Gasteiger partial charge in [0, 0.05) is 17.8 Å². The number of carbonyl (C=O) groups excluding carboxylic acids is 1. The fourth-order valence-corrected chi connectivity index (χ4v) is 2.93. The molecule has 2 N–H and O–H groups in total. The number of nitrogens with one attached hydrogen (secondary N) is 2. The van der Waals surface area contributed by atoms with E-state index in [1.165, 1.54) is 18.2 Å². The van der Waals surface area contributed by atoms with Crippen LogP contribution in [0.3, 0.4) is 0 Å². The van der Waals surface area contributed by atoms with Gasteiger partial charge in [0.1, 0.15) is 40.4 Å². The molecule has 0 atom stereocenters. The molecule has 0 spiro atoms. The van der Waals surface area contributed by atoms with Crippen LogP contribution in [0.5, 0.6) is 11.5 Å². The second-order valence-corrected chi connectivity index (χ2v) is 8.30. The Bertz CT molecular complexity index is 1230. The van der Waals surface area contributed by atoms with Gasteiger partial charge in [0.05, 0.1) is 11.4 Å². The number of carbonyl (C=O) groups is 1. The van der Waals surface area contributed by atoms with E-state index in [2.05, 4.69) is 10.6 Å². The number of hydrogen-bond donors (Lipinski definition) is 2. The molecule has 0 heterocycles. The van der Waals surface area contributed by atoms with Crippen molar-refractivity contribution in [3.05, 3.63) is 77.4 Å². The van der Waals surface area contributed by atoms with Crippen LogP contribution in [0.2, 0.25) is 0 Å². The Morgan fingerprint density at radius 3 is 2.45 bits per heavy atom. The van der Waals surface area contributed by atoms with E-state index in [1.807, 2.05) is 6.07 Å².